The fourth-order valence-corrected chi connectivity index (χ4v) is 3.06. The zero-order valence-corrected chi connectivity index (χ0v) is 18.0. The molecule has 1 heterocycles. The van der Waals surface area contributed by atoms with Gasteiger partial charge in [-0.15, -0.1) is 0 Å². The molecular formula is C22H37N3O4. The van der Waals surface area contributed by atoms with E-state index in [-0.39, 0.29) is 18.8 Å². The van der Waals surface area contributed by atoms with Gasteiger partial charge in [0.1, 0.15) is 5.75 Å². The maximum Gasteiger partial charge on any atom is 0.191 e. The highest BCUT2D eigenvalue weighted by Crippen LogP contribution is 2.20. The first kappa shape index (κ1) is 23.4. The number of aliphatic hydroxyl groups is 1. The summed E-state index contributed by atoms with van der Waals surface area (Å²) in [5.74, 6) is 1.45. The molecule has 0 aromatic heterocycles. The van der Waals surface area contributed by atoms with Crippen molar-refractivity contribution in [2.45, 2.75) is 58.3 Å². The number of hydrogen-bond donors (Lipinski definition) is 3. The SMILES string of the molecule is CCNC(=NCC(O)c1cccc(OC(C)C)c1)NCCCOCC1CCCO1. The Labute approximate surface area is 174 Å². The average Bonchev–Trinajstić information content (AvgIpc) is 3.21. The van der Waals surface area contributed by atoms with Crippen LogP contribution in [0.15, 0.2) is 29.3 Å². The van der Waals surface area contributed by atoms with Crippen molar-refractivity contribution in [2.75, 3.05) is 39.5 Å². The molecule has 7 heteroatoms. The Kier molecular flexibility index (Phi) is 10.8. The Morgan fingerprint density at radius 1 is 1.34 bits per heavy atom. The molecule has 1 fully saturated rings. The summed E-state index contributed by atoms with van der Waals surface area (Å²) >= 11 is 0. The summed E-state index contributed by atoms with van der Waals surface area (Å²) < 4.78 is 16.9. The number of nitrogens with one attached hydrogen (secondary N) is 2. The average molecular weight is 408 g/mol. The van der Waals surface area contributed by atoms with Gasteiger partial charge in [-0.2, -0.15) is 0 Å². The molecule has 1 aliphatic rings. The van der Waals surface area contributed by atoms with Gasteiger partial charge < -0.3 is 30.0 Å². The molecule has 0 amide bonds. The standard InChI is InChI=1S/C22H37N3O4/c1-4-23-22(24-11-7-12-27-16-20-10-6-13-28-20)25-15-21(26)18-8-5-9-19(14-18)29-17(2)3/h5,8-9,14,17,20-21,26H,4,6-7,10-13,15-16H2,1-3H3,(H2,23,24,25). The lowest BCUT2D eigenvalue weighted by atomic mass is 10.1. The Balaban J connectivity index is 1.72. The van der Waals surface area contributed by atoms with Crippen LogP contribution in [0.4, 0.5) is 0 Å². The number of guanidine groups is 1. The van der Waals surface area contributed by atoms with Crippen LogP contribution in [0.3, 0.4) is 0 Å². The maximum absolute atomic E-state index is 10.5. The highest BCUT2D eigenvalue weighted by Gasteiger charge is 2.15. The lowest BCUT2D eigenvalue weighted by molar-refractivity contribution is 0.0168. The maximum atomic E-state index is 10.5. The Bertz CT molecular complexity index is 603. The number of rotatable bonds is 12. The molecule has 1 saturated heterocycles. The first-order chi connectivity index (χ1) is 14.1. The molecule has 0 saturated carbocycles. The zero-order chi connectivity index (χ0) is 20.9. The van der Waals surface area contributed by atoms with Crippen LogP contribution in [-0.2, 0) is 9.47 Å². The molecule has 2 atom stereocenters. The minimum Gasteiger partial charge on any atom is -0.491 e. The Morgan fingerprint density at radius 3 is 2.93 bits per heavy atom. The van der Waals surface area contributed by atoms with E-state index in [4.69, 9.17) is 14.2 Å². The summed E-state index contributed by atoms with van der Waals surface area (Å²) in [5.41, 5.74) is 0.797. The third kappa shape index (κ3) is 9.47. The van der Waals surface area contributed by atoms with Crippen molar-refractivity contribution in [3.8, 4) is 5.75 Å². The van der Waals surface area contributed by atoms with Gasteiger partial charge in [-0.1, -0.05) is 12.1 Å². The Hall–Kier alpha value is -1.83. The number of aliphatic imine (C=N–C) groups is 1. The van der Waals surface area contributed by atoms with Crippen LogP contribution in [0.5, 0.6) is 5.75 Å². The molecule has 2 unspecified atom stereocenters. The van der Waals surface area contributed by atoms with Crippen LogP contribution in [0.2, 0.25) is 0 Å². The van der Waals surface area contributed by atoms with Crippen molar-refractivity contribution in [3.05, 3.63) is 29.8 Å². The normalized spacial score (nSPS) is 18.1. The summed E-state index contributed by atoms with van der Waals surface area (Å²) in [6, 6.07) is 7.54. The van der Waals surface area contributed by atoms with E-state index in [1.165, 1.54) is 0 Å². The van der Waals surface area contributed by atoms with Crippen molar-refractivity contribution in [2.24, 2.45) is 4.99 Å². The van der Waals surface area contributed by atoms with E-state index in [0.29, 0.717) is 19.2 Å². The first-order valence-electron chi connectivity index (χ1n) is 10.7. The van der Waals surface area contributed by atoms with Crippen molar-refractivity contribution in [3.63, 3.8) is 0 Å². The van der Waals surface area contributed by atoms with Crippen molar-refractivity contribution < 1.29 is 19.3 Å². The number of aliphatic hydroxyl groups excluding tert-OH is 1. The second kappa shape index (κ2) is 13.4. The number of nitrogens with zero attached hydrogens (tertiary/aromatic N) is 1. The molecule has 164 valence electrons. The van der Waals surface area contributed by atoms with Crippen LogP contribution in [0, 0.1) is 0 Å². The van der Waals surface area contributed by atoms with E-state index < -0.39 is 6.10 Å². The van der Waals surface area contributed by atoms with Gasteiger partial charge in [0.25, 0.3) is 0 Å². The smallest absolute Gasteiger partial charge is 0.191 e. The van der Waals surface area contributed by atoms with E-state index in [1.807, 2.05) is 45.0 Å². The van der Waals surface area contributed by atoms with Gasteiger partial charge in [-0.25, -0.2) is 0 Å². The number of ether oxygens (including phenoxy) is 3. The topological polar surface area (TPSA) is 84.3 Å². The van der Waals surface area contributed by atoms with Gasteiger partial charge in [-0.05, 0) is 57.7 Å². The predicted octanol–water partition coefficient (Wildman–Crippen LogP) is 2.65. The summed E-state index contributed by atoms with van der Waals surface area (Å²) in [6.07, 6.45) is 2.81. The van der Waals surface area contributed by atoms with Gasteiger partial charge >= 0.3 is 0 Å². The van der Waals surface area contributed by atoms with Gasteiger partial charge in [0.05, 0.1) is 31.5 Å². The molecule has 7 nitrogen and oxygen atoms in total. The first-order valence-corrected chi connectivity index (χ1v) is 10.7. The molecule has 2 rings (SSSR count). The highest BCUT2D eigenvalue weighted by molar-refractivity contribution is 5.79. The molecule has 3 N–H and O–H groups in total. The van der Waals surface area contributed by atoms with Crippen molar-refractivity contribution in [1.29, 1.82) is 0 Å². The number of hydrogen-bond acceptors (Lipinski definition) is 5. The molecular weight excluding hydrogens is 370 g/mol. The summed E-state index contributed by atoms with van der Waals surface area (Å²) in [4.78, 5) is 4.50. The van der Waals surface area contributed by atoms with Gasteiger partial charge in [0.2, 0.25) is 0 Å². The predicted molar refractivity (Wildman–Crippen MR) is 116 cm³/mol. The van der Waals surface area contributed by atoms with Crippen LogP contribution in [0.25, 0.3) is 0 Å². The Morgan fingerprint density at radius 2 is 2.21 bits per heavy atom. The summed E-state index contributed by atoms with van der Waals surface area (Å²) in [5, 5.41) is 17.0. The molecule has 0 bridgehead atoms. The molecule has 1 aliphatic heterocycles. The van der Waals surface area contributed by atoms with Crippen LogP contribution >= 0.6 is 0 Å². The lowest BCUT2D eigenvalue weighted by Gasteiger charge is -2.15. The van der Waals surface area contributed by atoms with E-state index in [0.717, 1.165) is 50.3 Å². The molecule has 29 heavy (non-hydrogen) atoms. The van der Waals surface area contributed by atoms with Gasteiger partial charge in [0.15, 0.2) is 5.96 Å². The minimum atomic E-state index is -0.684. The summed E-state index contributed by atoms with van der Waals surface area (Å²) in [6.45, 7) is 10.0. The van der Waals surface area contributed by atoms with E-state index in [1.54, 1.807) is 0 Å². The van der Waals surface area contributed by atoms with E-state index in [2.05, 4.69) is 15.6 Å². The van der Waals surface area contributed by atoms with Gasteiger partial charge in [0, 0.05) is 26.3 Å². The minimum absolute atomic E-state index is 0.0969. The third-order valence-electron chi connectivity index (χ3n) is 4.47. The zero-order valence-electron chi connectivity index (χ0n) is 18.0. The second-order valence-corrected chi connectivity index (χ2v) is 7.46. The van der Waals surface area contributed by atoms with E-state index in [9.17, 15) is 5.11 Å². The quantitative estimate of drug-likeness (QED) is 0.281. The second-order valence-electron chi connectivity index (χ2n) is 7.46. The van der Waals surface area contributed by atoms with Crippen LogP contribution in [0.1, 0.15) is 51.7 Å². The molecule has 1 aromatic carbocycles. The number of benzene rings is 1. The molecule has 0 spiro atoms. The third-order valence-corrected chi connectivity index (χ3v) is 4.47. The molecule has 0 radical (unpaired) electrons. The largest absolute Gasteiger partial charge is 0.491 e. The highest BCUT2D eigenvalue weighted by atomic mass is 16.5. The molecule has 0 aliphatic carbocycles. The van der Waals surface area contributed by atoms with Gasteiger partial charge in [-0.3, -0.25) is 4.99 Å². The van der Waals surface area contributed by atoms with Crippen LogP contribution < -0.4 is 15.4 Å². The lowest BCUT2D eigenvalue weighted by Crippen LogP contribution is -2.38. The van der Waals surface area contributed by atoms with Crippen molar-refractivity contribution in [1.82, 2.24) is 10.6 Å². The fraction of sp³-hybridized carbons (Fsp3) is 0.682. The molecule has 1 aromatic rings. The van der Waals surface area contributed by atoms with Crippen LogP contribution in [-0.4, -0.2) is 62.7 Å². The monoisotopic (exact) mass is 407 g/mol. The van der Waals surface area contributed by atoms with E-state index >= 15 is 0 Å². The summed E-state index contributed by atoms with van der Waals surface area (Å²) in [7, 11) is 0. The fourth-order valence-electron chi connectivity index (χ4n) is 3.06. The van der Waals surface area contributed by atoms with Crippen molar-refractivity contribution >= 4 is 5.96 Å².